The molecule has 138 valence electrons. The zero-order chi connectivity index (χ0) is 18.2. The Morgan fingerprint density at radius 2 is 2.04 bits per heavy atom. The van der Waals surface area contributed by atoms with Gasteiger partial charge in [-0.05, 0) is 54.2 Å². The number of hydrogen-bond acceptors (Lipinski definition) is 4. The van der Waals surface area contributed by atoms with E-state index in [2.05, 4.69) is 22.2 Å². The van der Waals surface area contributed by atoms with Gasteiger partial charge in [-0.2, -0.15) is 0 Å². The van der Waals surface area contributed by atoms with E-state index in [0.717, 1.165) is 48.6 Å². The van der Waals surface area contributed by atoms with E-state index in [1.165, 1.54) is 10.9 Å². The molecular weight excluding hydrogens is 342 g/mol. The Morgan fingerprint density at radius 1 is 1.19 bits per heavy atom. The van der Waals surface area contributed by atoms with Crippen molar-refractivity contribution in [2.75, 3.05) is 19.9 Å². The fraction of sp³-hybridized carbons (Fsp3) is 0.333. The molecule has 0 aliphatic carbocycles. The van der Waals surface area contributed by atoms with Gasteiger partial charge in [0.2, 0.25) is 12.7 Å². The average molecular weight is 363 g/mol. The second-order valence-electron chi connectivity index (χ2n) is 7.16. The molecule has 5 rings (SSSR count). The lowest BCUT2D eigenvalue weighted by Gasteiger charge is -2.32. The van der Waals surface area contributed by atoms with E-state index in [-0.39, 0.29) is 12.7 Å². The molecule has 1 fully saturated rings. The van der Waals surface area contributed by atoms with Crippen molar-refractivity contribution < 1.29 is 14.3 Å². The van der Waals surface area contributed by atoms with Gasteiger partial charge in [0, 0.05) is 30.9 Å². The van der Waals surface area contributed by atoms with Gasteiger partial charge in [-0.25, -0.2) is 4.98 Å². The van der Waals surface area contributed by atoms with Crippen molar-refractivity contribution in [1.29, 1.82) is 0 Å². The Kier molecular flexibility index (Phi) is 3.96. The van der Waals surface area contributed by atoms with Gasteiger partial charge in [0.05, 0.1) is 6.42 Å². The minimum absolute atomic E-state index is 0.174. The number of aromatic nitrogens is 2. The molecule has 0 spiro atoms. The van der Waals surface area contributed by atoms with Crippen LogP contribution in [0.2, 0.25) is 0 Å². The highest BCUT2D eigenvalue weighted by molar-refractivity contribution is 5.81. The number of ether oxygens (including phenoxy) is 2. The van der Waals surface area contributed by atoms with Crippen molar-refractivity contribution in [3.05, 3.63) is 53.9 Å². The van der Waals surface area contributed by atoms with Crippen LogP contribution in [0.15, 0.2) is 42.7 Å². The number of H-pyrrole nitrogens is 1. The Hall–Kier alpha value is -3.02. The molecule has 2 aliphatic rings. The number of likely N-dealkylation sites (tertiary alicyclic amines) is 1. The Labute approximate surface area is 157 Å². The molecule has 1 amide bonds. The van der Waals surface area contributed by atoms with E-state index in [9.17, 15) is 4.79 Å². The summed E-state index contributed by atoms with van der Waals surface area (Å²) in [7, 11) is 0. The summed E-state index contributed by atoms with van der Waals surface area (Å²) in [6.07, 6.45) is 6.24. The molecule has 0 atom stereocenters. The van der Waals surface area contributed by atoms with Gasteiger partial charge >= 0.3 is 0 Å². The largest absolute Gasteiger partial charge is 0.454 e. The van der Waals surface area contributed by atoms with Crippen LogP contribution in [-0.2, 0) is 11.2 Å². The molecule has 0 unspecified atom stereocenters. The van der Waals surface area contributed by atoms with E-state index in [1.54, 1.807) is 6.20 Å². The molecule has 0 radical (unpaired) electrons. The number of amides is 1. The minimum Gasteiger partial charge on any atom is -0.454 e. The second-order valence-corrected chi connectivity index (χ2v) is 7.16. The first-order valence-electron chi connectivity index (χ1n) is 9.36. The number of nitrogens with one attached hydrogen (secondary N) is 1. The lowest BCUT2D eigenvalue weighted by atomic mass is 9.89. The number of pyridine rings is 1. The summed E-state index contributed by atoms with van der Waals surface area (Å²) in [6, 6.07) is 9.82. The molecular formula is C21H21N3O3. The molecule has 0 saturated carbocycles. The van der Waals surface area contributed by atoms with E-state index < -0.39 is 0 Å². The first kappa shape index (κ1) is 16.2. The van der Waals surface area contributed by atoms with Crippen LogP contribution < -0.4 is 9.47 Å². The van der Waals surface area contributed by atoms with Crippen molar-refractivity contribution in [2.45, 2.75) is 25.2 Å². The summed E-state index contributed by atoms with van der Waals surface area (Å²) < 4.78 is 10.7. The molecule has 1 saturated heterocycles. The van der Waals surface area contributed by atoms with Crippen LogP contribution in [0.3, 0.4) is 0 Å². The molecule has 2 aromatic heterocycles. The zero-order valence-corrected chi connectivity index (χ0v) is 15.0. The summed E-state index contributed by atoms with van der Waals surface area (Å²) in [5.41, 5.74) is 3.23. The number of fused-ring (bicyclic) bond motifs is 2. The van der Waals surface area contributed by atoms with Crippen molar-refractivity contribution in [2.24, 2.45) is 0 Å². The number of aromatic amines is 1. The quantitative estimate of drug-likeness (QED) is 0.776. The van der Waals surface area contributed by atoms with Crippen molar-refractivity contribution in [3.63, 3.8) is 0 Å². The Bertz CT molecular complexity index is 989. The summed E-state index contributed by atoms with van der Waals surface area (Å²) in [5.74, 6) is 2.12. The predicted octanol–water partition coefficient (Wildman–Crippen LogP) is 3.24. The van der Waals surface area contributed by atoms with Crippen LogP contribution in [0.1, 0.15) is 29.9 Å². The zero-order valence-electron chi connectivity index (χ0n) is 15.0. The monoisotopic (exact) mass is 363 g/mol. The fourth-order valence-corrected chi connectivity index (χ4v) is 4.09. The first-order chi connectivity index (χ1) is 13.3. The molecule has 1 aromatic carbocycles. The maximum atomic E-state index is 12.7. The molecule has 0 bridgehead atoms. The molecule has 2 aliphatic heterocycles. The number of piperidine rings is 1. The van der Waals surface area contributed by atoms with Gasteiger partial charge in [-0.3, -0.25) is 4.79 Å². The van der Waals surface area contributed by atoms with Crippen molar-refractivity contribution in [3.8, 4) is 11.5 Å². The Morgan fingerprint density at radius 3 is 2.93 bits per heavy atom. The molecule has 6 nitrogen and oxygen atoms in total. The normalized spacial score (nSPS) is 16.8. The number of rotatable bonds is 3. The number of carbonyl (C=O) groups is 1. The molecule has 6 heteroatoms. The van der Waals surface area contributed by atoms with Gasteiger partial charge in [0.1, 0.15) is 5.65 Å². The number of hydrogen-bond donors (Lipinski definition) is 1. The van der Waals surface area contributed by atoms with Gasteiger partial charge in [-0.1, -0.05) is 6.07 Å². The molecule has 27 heavy (non-hydrogen) atoms. The standard InChI is InChI=1S/C21H21N3O3/c25-20(11-14-3-4-18-19(10-14)27-13-26-18)24-8-5-15(6-9-24)17-12-23-21-16(17)2-1-7-22-21/h1-4,7,10,12,15H,5-6,8-9,11,13H2,(H,22,23). The van der Waals surface area contributed by atoms with Crippen LogP contribution in [-0.4, -0.2) is 40.7 Å². The van der Waals surface area contributed by atoms with Crippen LogP contribution >= 0.6 is 0 Å². The minimum atomic E-state index is 0.174. The summed E-state index contributed by atoms with van der Waals surface area (Å²) in [5, 5.41) is 1.20. The third-order valence-electron chi connectivity index (χ3n) is 5.56. The van der Waals surface area contributed by atoms with Crippen molar-refractivity contribution in [1.82, 2.24) is 14.9 Å². The second kappa shape index (κ2) is 6.61. The van der Waals surface area contributed by atoms with Gasteiger partial charge < -0.3 is 19.4 Å². The fourth-order valence-electron chi connectivity index (χ4n) is 4.09. The van der Waals surface area contributed by atoms with E-state index in [4.69, 9.17) is 9.47 Å². The third kappa shape index (κ3) is 3.01. The smallest absolute Gasteiger partial charge is 0.231 e. The topological polar surface area (TPSA) is 67.5 Å². The molecule has 1 N–H and O–H groups in total. The van der Waals surface area contributed by atoms with Gasteiger partial charge in [0.15, 0.2) is 11.5 Å². The van der Waals surface area contributed by atoms with E-state index in [0.29, 0.717) is 12.3 Å². The van der Waals surface area contributed by atoms with E-state index in [1.807, 2.05) is 29.2 Å². The number of carbonyl (C=O) groups excluding carboxylic acids is 1. The van der Waals surface area contributed by atoms with Gasteiger partial charge in [-0.15, -0.1) is 0 Å². The highest BCUT2D eigenvalue weighted by atomic mass is 16.7. The van der Waals surface area contributed by atoms with Crippen LogP contribution in [0.25, 0.3) is 11.0 Å². The predicted molar refractivity (Wildman–Crippen MR) is 101 cm³/mol. The van der Waals surface area contributed by atoms with Gasteiger partial charge in [0.25, 0.3) is 0 Å². The van der Waals surface area contributed by atoms with Crippen LogP contribution in [0, 0.1) is 0 Å². The highest BCUT2D eigenvalue weighted by Crippen LogP contribution is 2.34. The molecule has 4 heterocycles. The molecule has 3 aromatic rings. The summed E-state index contributed by atoms with van der Waals surface area (Å²) in [6.45, 7) is 1.84. The third-order valence-corrected chi connectivity index (χ3v) is 5.56. The average Bonchev–Trinajstić information content (AvgIpc) is 3.34. The van der Waals surface area contributed by atoms with Crippen molar-refractivity contribution >= 4 is 16.9 Å². The van der Waals surface area contributed by atoms with Crippen LogP contribution in [0.5, 0.6) is 11.5 Å². The maximum Gasteiger partial charge on any atom is 0.231 e. The van der Waals surface area contributed by atoms with Crippen LogP contribution in [0.4, 0.5) is 0 Å². The lowest BCUT2D eigenvalue weighted by molar-refractivity contribution is -0.131. The number of benzene rings is 1. The SMILES string of the molecule is O=C(Cc1ccc2c(c1)OCO2)N1CCC(c2c[nH]c3ncccc23)CC1. The first-order valence-corrected chi connectivity index (χ1v) is 9.36. The summed E-state index contributed by atoms with van der Waals surface area (Å²) in [4.78, 5) is 22.3. The lowest BCUT2D eigenvalue weighted by Crippen LogP contribution is -2.38. The Balaban J connectivity index is 1.23. The summed E-state index contributed by atoms with van der Waals surface area (Å²) >= 11 is 0. The highest BCUT2D eigenvalue weighted by Gasteiger charge is 2.26. The number of nitrogens with zero attached hydrogens (tertiary/aromatic N) is 2. The maximum absolute atomic E-state index is 12.7. The van der Waals surface area contributed by atoms with E-state index >= 15 is 0 Å².